The zero-order valence-corrected chi connectivity index (χ0v) is 20.8. The molecule has 13 heteroatoms. The zero-order chi connectivity index (χ0) is 28.3. The summed E-state index contributed by atoms with van der Waals surface area (Å²) < 4.78 is 19.2. The Morgan fingerprint density at radius 3 is 2.46 bits per heavy atom. The van der Waals surface area contributed by atoms with Gasteiger partial charge in [-0.25, -0.2) is 23.4 Å². The van der Waals surface area contributed by atoms with Gasteiger partial charge in [-0.3, -0.25) is 14.4 Å². The SMILES string of the molecule is COC(=O)c1ccc([C@@H](NC(=O)c2cc(C(=O)NCc3ccc(F)c(C)c3)n3c(=O)[nH]cc3n2)C(N)=O)cc1. The van der Waals surface area contributed by atoms with Crippen molar-refractivity contribution in [1.82, 2.24) is 25.0 Å². The van der Waals surface area contributed by atoms with E-state index in [1.807, 2.05) is 0 Å². The number of hydrogen-bond donors (Lipinski definition) is 4. The predicted molar refractivity (Wildman–Crippen MR) is 135 cm³/mol. The van der Waals surface area contributed by atoms with Crippen LogP contribution in [0.15, 0.2) is 59.5 Å². The molecule has 2 heterocycles. The molecule has 12 nitrogen and oxygen atoms in total. The van der Waals surface area contributed by atoms with Crippen molar-refractivity contribution in [3.8, 4) is 0 Å². The van der Waals surface area contributed by atoms with Gasteiger partial charge in [-0.05, 0) is 47.9 Å². The highest BCUT2D eigenvalue weighted by atomic mass is 19.1. The Morgan fingerprint density at radius 2 is 1.82 bits per heavy atom. The van der Waals surface area contributed by atoms with Gasteiger partial charge in [0.2, 0.25) is 5.91 Å². The molecule has 5 N–H and O–H groups in total. The number of methoxy groups -OCH3 is 1. The molecule has 0 unspecified atom stereocenters. The lowest BCUT2D eigenvalue weighted by Crippen LogP contribution is -2.38. The minimum Gasteiger partial charge on any atom is -0.465 e. The molecule has 0 spiro atoms. The van der Waals surface area contributed by atoms with E-state index in [9.17, 15) is 28.4 Å². The van der Waals surface area contributed by atoms with Gasteiger partial charge in [-0.1, -0.05) is 24.3 Å². The van der Waals surface area contributed by atoms with Crippen LogP contribution in [0.4, 0.5) is 4.39 Å². The Hall–Kier alpha value is -5.33. The summed E-state index contributed by atoms with van der Waals surface area (Å²) >= 11 is 0. The summed E-state index contributed by atoms with van der Waals surface area (Å²) in [5, 5.41) is 5.10. The topological polar surface area (TPSA) is 178 Å². The van der Waals surface area contributed by atoms with Crippen LogP contribution in [0.1, 0.15) is 54.1 Å². The second-order valence-corrected chi connectivity index (χ2v) is 8.50. The van der Waals surface area contributed by atoms with Gasteiger partial charge in [0.15, 0.2) is 5.65 Å². The Kier molecular flexibility index (Phi) is 7.51. The lowest BCUT2D eigenvalue weighted by molar-refractivity contribution is -0.120. The molecule has 4 aromatic rings. The van der Waals surface area contributed by atoms with Crippen LogP contribution in [-0.4, -0.2) is 45.2 Å². The van der Waals surface area contributed by atoms with Crippen LogP contribution in [0, 0.1) is 12.7 Å². The molecule has 0 fully saturated rings. The number of H-pyrrole nitrogens is 1. The number of esters is 1. The number of aromatic amines is 1. The molecule has 0 saturated heterocycles. The molecule has 0 aliphatic heterocycles. The first-order valence-corrected chi connectivity index (χ1v) is 11.5. The van der Waals surface area contributed by atoms with E-state index in [0.29, 0.717) is 11.1 Å². The van der Waals surface area contributed by atoms with Gasteiger partial charge in [-0.15, -0.1) is 0 Å². The highest BCUT2D eigenvalue weighted by molar-refractivity contribution is 6.00. The number of imidazole rings is 1. The van der Waals surface area contributed by atoms with E-state index >= 15 is 0 Å². The summed E-state index contributed by atoms with van der Waals surface area (Å²) in [5.41, 5.74) is 5.89. The third kappa shape index (κ3) is 5.66. The molecule has 4 rings (SSSR count). The van der Waals surface area contributed by atoms with Gasteiger partial charge < -0.3 is 26.1 Å². The molecule has 2 aromatic heterocycles. The lowest BCUT2D eigenvalue weighted by Gasteiger charge is -2.16. The number of rotatable bonds is 8. The number of halogens is 1. The van der Waals surface area contributed by atoms with E-state index in [1.165, 1.54) is 49.7 Å². The summed E-state index contributed by atoms with van der Waals surface area (Å²) in [5.74, 6) is -3.41. The highest BCUT2D eigenvalue weighted by Crippen LogP contribution is 2.16. The molecule has 1 atom stereocenters. The number of primary amides is 1. The van der Waals surface area contributed by atoms with Gasteiger partial charge in [0, 0.05) is 12.7 Å². The summed E-state index contributed by atoms with van der Waals surface area (Å²) in [6, 6.07) is 9.83. The van der Waals surface area contributed by atoms with E-state index < -0.39 is 35.4 Å². The molecule has 3 amide bonds. The molecule has 0 radical (unpaired) electrons. The van der Waals surface area contributed by atoms with Crippen LogP contribution in [0.5, 0.6) is 0 Å². The van der Waals surface area contributed by atoms with Crippen molar-refractivity contribution >= 4 is 29.3 Å². The van der Waals surface area contributed by atoms with Gasteiger partial charge in [-0.2, -0.15) is 0 Å². The fourth-order valence-electron chi connectivity index (χ4n) is 3.85. The maximum atomic E-state index is 13.6. The van der Waals surface area contributed by atoms with Crippen LogP contribution < -0.4 is 22.1 Å². The average Bonchev–Trinajstić information content (AvgIpc) is 3.31. The van der Waals surface area contributed by atoms with Crippen LogP contribution in [0.25, 0.3) is 5.65 Å². The number of aromatic nitrogens is 3. The zero-order valence-electron chi connectivity index (χ0n) is 20.8. The van der Waals surface area contributed by atoms with Crippen molar-refractivity contribution in [2.45, 2.75) is 19.5 Å². The number of carbonyl (C=O) groups excluding carboxylic acids is 4. The molecule has 0 saturated carbocycles. The van der Waals surface area contributed by atoms with E-state index in [-0.39, 0.29) is 40.5 Å². The number of nitrogens with two attached hydrogens (primary N) is 1. The monoisotopic (exact) mass is 534 g/mol. The Morgan fingerprint density at radius 1 is 1.10 bits per heavy atom. The molecule has 2 aromatic carbocycles. The van der Waals surface area contributed by atoms with Gasteiger partial charge in [0.1, 0.15) is 23.2 Å². The van der Waals surface area contributed by atoms with E-state index in [2.05, 4.69) is 25.3 Å². The first-order valence-electron chi connectivity index (χ1n) is 11.5. The number of fused-ring (bicyclic) bond motifs is 1. The molecule has 0 aliphatic carbocycles. The average molecular weight is 535 g/mol. The summed E-state index contributed by atoms with van der Waals surface area (Å²) in [6.45, 7) is 1.61. The van der Waals surface area contributed by atoms with E-state index in [4.69, 9.17) is 5.73 Å². The van der Waals surface area contributed by atoms with Crippen LogP contribution in [0.2, 0.25) is 0 Å². The second kappa shape index (κ2) is 11.0. The third-order valence-corrected chi connectivity index (χ3v) is 5.87. The summed E-state index contributed by atoms with van der Waals surface area (Å²) in [7, 11) is 1.23. The van der Waals surface area contributed by atoms with Crippen LogP contribution in [0.3, 0.4) is 0 Å². The number of nitrogens with one attached hydrogen (secondary N) is 3. The fraction of sp³-hybridized carbons (Fsp3) is 0.154. The van der Waals surface area contributed by atoms with Gasteiger partial charge >= 0.3 is 11.7 Å². The molecule has 0 bridgehead atoms. The maximum absolute atomic E-state index is 13.6. The lowest BCUT2D eigenvalue weighted by atomic mass is 10.0. The van der Waals surface area contributed by atoms with E-state index in [0.717, 1.165) is 10.5 Å². The number of ether oxygens (including phenoxy) is 1. The third-order valence-electron chi connectivity index (χ3n) is 5.87. The molecule has 0 aliphatic rings. The minimum atomic E-state index is -1.30. The molecule has 39 heavy (non-hydrogen) atoms. The largest absolute Gasteiger partial charge is 0.465 e. The Labute approximate surface area is 220 Å². The second-order valence-electron chi connectivity index (χ2n) is 8.50. The van der Waals surface area contributed by atoms with Crippen LogP contribution in [-0.2, 0) is 16.1 Å². The molecule has 200 valence electrons. The number of amides is 3. The smallest absolute Gasteiger partial charge is 0.337 e. The van der Waals surface area contributed by atoms with Gasteiger partial charge in [0.25, 0.3) is 11.8 Å². The predicted octanol–water partition coefficient (Wildman–Crippen LogP) is 1.14. The standard InChI is InChI=1S/C26H23FN6O6/c1-13-9-14(3-8-17(13)27)11-29-24(36)19-10-18(31-20-12-30-26(38)33(19)20)23(35)32-21(22(28)34)15-4-6-16(7-5-15)25(37)39-2/h3-10,12,21H,11H2,1-2H3,(H2,28,34)(H,29,36)(H,30,38)(H,32,35)/t21-/m1/s1. The van der Waals surface area contributed by atoms with Crippen LogP contribution >= 0.6 is 0 Å². The number of aryl methyl sites for hydroxylation is 1. The quantitative estimate of drug-likeness (QED) is 0.245. The van der Waals surface area contributed by atoms with Crippen molar-refractivity contribution < 1.29 is 28.3 Å². The molecular weight excluding hydrogens is 511 g/mol. The maximum Gasteiger partial charge on any atom is 0.337 e. The first-order chi connectivity index (χ1) is 18.6. The van der Waals surface area contributed by atoms with Crippen molar-refractivity contribution in [3.05, 3.63) is 105 Å². The van der Waals surface area contributed by atoms with Crippen molar-refractivity contribution in [3.63, 3.8) is 0 Å². The fourth-order valence-corrected chi connectivity index (χ4v) is 3.85. The Balaban J connectivity index is 1.61. The summed E-state index contributed by atoms with van der Waals surface area (Å²) in [4.78, 5) is 68.9. The normalized spacial score (nSPS) is 11.6. The van der Waals surface area contributed by atoms with Crippen molar-refractivity contribution in [2.24, 2.45) is 5.73 Å². The summed E-state index contributed by atoms with van der Waals surface area (Å²) in [6.07, 6.45) is 1.22. The minimum absolute atomic E-state index is 0.0199. The molecular formula is C26H23FN6O6. The highest BCUT2D eigenvalue weighted by Gasteiger charge is 2.24. The van der Waals surface area contributed by atoms with Crippen molar-refractivity contribution in [2.75, 3.05) is 7.11 Å². The van der Waals surface area contributed by atoms with Gasteiger partial charge in [0.05, 0.1) is 12.7 Å². The number of carbonyl (C=O) groups is 4. The first kappa shape index (κ1) is 26.7. The van der Waals surface area contributed by atoms with E-state index in [1.54, 1.807) is 13.0 Å². The number of benzene rings is 2. The number of nitrogens with zero attached hydrogens (tertiary/aromatic N) is 2. The van der Waals surface area contributed by atoms with Crippen molar-refractivity contribution in [1.29, 1.82) is 0 Å². The number of hydrogen-bond acceptors (Lipinski definition) is 7. The Bertz CT molecular complexity index is 1660.